The average molecular weight is 575 g/mol. The summed E-state index contributed by atoms with van der Waals surface area (Å²) in [7, 11) is 0. The van der Waals surface area contributed by atoms with Gasteiger partial charge in [-0.25, -0.2) is 0 Å². The van der Waals surface area contributed by atoms with Crippen LogP contribution in [0.3, 0.4) is 0 Å². The van der Waals surface area contributed by atoms with Crippen LogP contribution in [-0.4, -0.2) is 76.5 Å². The fourth-order valence-corrected chi connectivity index (χ4v) is 4.48. The van der Waals surface area contributed by atoms with Gasteiger partial charge in [-0.15, -0.1) is 0 Å². The summed E-state index contributed by atoms with van der Waals surface area (Å²) in [5, 5.41) is 8.58. The Labute approximate surface area is 245 Å². The number of carbonyl (C=O) groups is 2. The highest BCUT2D eigenvalue weighted by atomic mass is 16.6. The van der Waals surface area contributed by atoms with Crippen molar-refractivity contribution < 1.29 is 38.4 Å². The standard InChI is InChI=1S/C32H62O8/c1-27(2)9-6-10-28(3)11-7-12-29(4)13-8-14-30(5)17-19-39-31(34)15-16-32(35)40-26-25-38-24-23-37-22-21-36-20-18-33/h27-30,33H,6-26H2,1-5H3/t28-,29-,30?/m1/s1. The SMILES string of the molecule is CC(C)CCC[C@@H](C)CCC[C@@H](C)CCCC(C)CCOC(=O)CCC(=O)OCCOCCOCCOCCO. The Hall–Kier alpha value is -1.22. The molecule has 0 amide bonds. The van der Waals surface area contributed by atoms with Gasteiger partial charge in [0.05, 0.1) is 65.7 Å². The molecule has 238 valence electrons. The zero-order chi connectivity index (χ0) is 29.8. The quantitative estimate of drug-likeness (QED) is 0.0814. The summed E-state index contributed by atoms with van der Waals surface area (Å²) in [5.74, 6) is 2.19. The fraction of sp³-hybridized carbons (Fsp3) is 0.938. The van der Waals surface area contributed by atoms with E-state index in [1.807, 2.05) is 0 Å². The Morgan fingerprint density at radius 3 is 1.32 bits per heavy atom. The van der Waals surface area contributed by atoms with Crippen LogP contribution in [0.5, 0.6) is 0 Å². The molecule has 0 radical (unpaired) electrons. The highest BCUT2D eigenvalue weighted by Crippen LogP contribution is 2.22. The minimum absolute atomic E-state index is 0.000627. The maximum absolute atomic E-state index is 11.9. The summed E-state index contributed by atoms with van der Waals surface area (Å²) in [6, 6.07) is 0. The molecule has 1 N–H and O–H groups in total. The maximum atomic E-state index is 11.9. The van der Waals surface area contributed by atoms with Gasteiger partial charge in [0.1, 0.15) is 6.61 Å². The van der Waals surface area contributed by atoms with Gasteiger partial charge in [0, 0.05) is 0 Å². The highest BCUT2D eigenvalue weighted by molar-refractivity contribution is 5.77. The van der Waals surface area contributed by atoms with E-state index in [0.717, 1.165) is 30.6 Å². The summed E-state index contributed by atoms with van der Waals surface area (Å²) in [4.78, 5) is 23.7. The van der Waals surface area contributed by atoms with Crippen molar-refractivity contribution in [2.24, 2.45) is 23.7 Å². The molecular weight excluding hydrogens is 512 g/mol. The van der Waals surface area contributed by atoms with E-state index < -0.39 is 5.97 Å². The minimum atomic E-state index is -0.430. The normalized spacial score (nSPS) is 13.8. The van der Waals surface area contributed by atoms with Crippen molar-refractivity contribution in [3.8, 4) is 0 Å². The lowest BCUT2D eigenvalue weighted by molar-refractivity contribution is -0.151. The minimum Gasteiger partial charge on any atom is -0.466 e. The van der Waals surface area contributed by atoms with Gasteiger partial charge in [0.25, 0.3) is 0 Å². The predicted octanol–water partition coefficient (Wildman–Crippen LogP) is 6.36. The van der Waals surface area contributed by atoms with Crippen molar-refractivity contribution in [2.45, 2.75) is 112 Å². The average Bonchev–Trinajstić information content (AvgIpc) is 2.90. The van der Waals surface area contributed by atoms with Crippen LogP contribution < -0.4 is 0 Å². The maximum Gasteiger partial charge on any atom is 0.306 e. The number of hydrogen-bond acceptors (Lipinski definition) is 8. The van der Waals surface area contributed by atoms with Gasteiger partial charge >= 0.3 is 11.9 Å². The first kappa shape index (κ1) is 38.8. The zero-order valence-corrected chi connectivity index (χ0v) is 26.5. The van der Waals surface area contributed by atoms with Gasteiger partial charge in [-0.05, 0) is 30.1 Å². The van der Waals surface area contributed by atoms with Crippen LogP contribution in [-0.2, 0) is 33.3 Å². The zero-order valence-electron chi connectivity index (χ0n) is 26.5. The summed E-state index contributed by atoms with van der Waals surface area (Å²) in [5.41, 5.74) is 0. The van der Waals surface area contributed by atoms with Crippen molar-refractivity contribution in [3.05, 3.63) is 0 Å². The Kier molecular flexibility index (Phi) is 27.1. The van der Waals surface area contributed by atoms with E-state index in [1.165, 1.54) is 51.4 Å². The van der Waals surface area contributed by atoms with Crippen LogP contribution in [0.25, 0.3) is 0 Å². The number of carbonyl (C=O) groups excluding carboxylic acids is 2. The molecule has 0 fully saturated rings. The smallest absolute Gasteiger partial charge is 0.306 e. The van der Waals surface area contributed by atoms with Crippen molar-refractivity contribution in [3.63, 3.8) is 0 Å². The van der Waals surface area contributed by atoms with Crippen LogP contribution in [0.1, 0.15) is 112 Å². The summed E-state index contributed by atoms with van der Waals surface area (Å²) >= 11 is 0. The third-order valence-electron chi connectivity index (χ3n) is 7.14. The van der Waals surface area contributed by atoms with Gasteiger partial charge in [0.15, 0.2) is 0 Å². The molecule has 0 saturated heterocycles. The molecule has 0 bridgehead atoms. The first-order chi connectivity index (χ1) is 19.2. The van der Waals surface area contributed by atoms with E-state index in [-0.39, 0.29) is 38.6 Å². The monoisotopic (exact) mass is 574 g/mol. The van der Waals surface area contributed by atoms with E-state index >= 15 is 0 Å². The molecule has 0 rings (SSSR count). The largest absolute Gasteiger partial charge is 0.466 e. The highest BCUT2D eigenvalue weighted by Gasteiger charge is 2.11. The second kappa shape index (κ2) is 27.9. The van der Waals surface area contributed by atoms with Crippen LogP contribution >= 0.6 is 0 Å². The van der Waals surface area contributed by atoms with Crippen LogP contribution in [0, 0.1) is 23.7 Å². The molecule has 0 aromatic carbocycles. The van der Waals surface area contributed by atoms with Gasteiger partial charge in [-0.3, -0.25) is 9.59 Å². The van der Waals surface area contributed by atoms with E-state index in [2.05, 4.69) is 34.6 Å². The molecule has 0 aromatic heterocycles. The predicted molar refractivity (Wildman–Crippen MR) is 159 cm³/mol. The molecule has 0 spiro atoms. The summed E-state index contributed by atoms with van der Waals surface area (Å²) in [6.45, 7) is 14.4. The number of aliphatic hydroxyl groups excluding tert-OH is 1. The Morgan fingerprint density at radius 2 is 0.875 bits per heavy atom. The molecule has 3 atom stereocenters. The molecule has 0 aliphatic carbocycles. The van der Waals surface area contributed by atoms with E-state index in [1.54, 1.807) is 0 Å². The van der Waals surface area contributed by atoms with Gasteiger partial charge in [-0.2, -0.15) is 0 Å². The molecule has 1 unspecified atom stereocenters. The van der Waals surface area contributed by atoms with Crippen LogP contribution in [0.15, 0.2) is 0 Å². The topological polar surface area (TPSA) is 101 Å². The molecule has 40 heavy (non-hydrogen) atoms. The summed E-state index contributed by atoms with van der Waals surface area (Å²) in [6.07, 6.45) is 12.7. The molecule has 8 heteroatoms. The lowest BCUT2D eigenvalue weighted by Gasteiger charge is -2.16. The lowest BCUT2D eigenvalue weighted by atomic mass is 9.91. The van der Waals surface area contributed by atoms with Crippen molar-refractivity contribution in [1.29, 1.82) is 0 Å². The molecule has 0 aromatic rings. The second-order valence-corrected chi connectivity index (χ2v) is 11.8. The third kappa shape index (κ3) is 28.3. The van der Waals surface area contributed by atoms with E-state index in [0.29, 0.717) is 45.6 Å². The number of rotatable bonds is 29. The first-order valence-electron chi connectivity index (χ1n) is 15.9. The first-order valence-corrected chi connectivity index (χ1v) is 15.9. The number of hydrogen-bond donors (Lipinski definition) is 1. The summed E-state index contributed by atoms with van der Waals surface area (Å²) < 4.78 is 26.1. The third-order valence-corrected chi connectivity index (χ3v) is 7.14. The van der Waals surface area contributed by atoms with Crippen molar-refractivity contribution in [2.75, 3.05) is 59.5 Å². The van der Waals surface area contributed by atoms with Crippen LogP contribution in [0.2, 0.25) is 0 Å². The Balaban J connectivity index is 3.58. The van der Waals surface area contributed by atoms with Crippen molar-refractivity contribution >= 4 is 11.9 Å². The van der Waals surface area contributed by atoms with Gasteiger partial charge < -0.3 is 28.8 Å². The molecular formula is C32H62O8. The van der Waals surface area contributed by atoms with Crippen LogP contribution in [0.4, 0.5) is 0 Å². The molecule has 0 saturated carbocycles. The van der Waals surface area contributed by atoms with Crippen molar-refractivity contribution in [1.82, 2.24) is 0 Å². The van der Waals surface area contributed by atoms with E-state index in [4.69, 9.17) is 28.8 Å². The van der Waals surface area contributed by atoms with Gasteiger partial charge in [-0.1, -0.05) is 92.4 Å². The molecule has 0 aliphatic heterocycles. The lowest BCUT2D eigenvalue weighted by Crippen LogP contribution is -2.15. The Morgan fingerprint density at radius 1 is 0.500 bits per heavy atom. The number of esters is 2. The van der Waals surface area contributed by atoms with Gasteiger partial charge in [0.2, 0.25) is 0 Å². The molecule has 0 heterocycles. The molecule has 8 nitrogen and oxygen atoms in total. The van der Waals surface area contributed by atoms with E-state index in [9.17, 15) is 9.59 Å². The molecule has 0 aliphatic rings. The Bertz CT molecular complexity index is 583. The fourth-order valence-electron chi connectivity index (χ4n) is 4.48. The second-order valence-electron chi connectivity index (χ2n) is 11.8. The number of aliphatic hydroxyl groups is 1. The number of ether oxygens (including phenoxy) is 5.